The molecular formula is C22H21BrN2O3S. The van der Waals surface area contributed by atoms with Crippen LogP contribution in [0.15, 0.2) is 88.2 Å². The summed E-state index contributed by atoms with van der Waals surface area (Å²) < 4.78 is 28.6. The number of anilines is 1. The van der Waals surface area contributed by atoms with E-state index in [-0.39, 0.29) is 16.4 Å². The molecule has 3 aromatic rings. The predicted molar refractivity (Wildman–Crippen MR) is 118 cm³/mol. The third kappa shape index (κ3) is 4.68. The van der Waals surface area contributed by atoms with Crippen LogP contribution in [0.3, 0.4) is 0 Å². The van der Waals surface area contributed by atoms with E-state index < -0.39 is 10.0 Å². The van der Waals surface area contributed by atoms with Crippen LogP contribution in [0.2, 0.25) is 0 Å². The molecule has 150 valence electrons. The molecule has 29 heavy (non-hydrogen) atoms. The summed E-state index contributed by atoms with van der Waals surface area (Å²) in [5.74, 6) is -0.353. The monoisotopic (exact) mass is 472 g/mol. The number of rotatable bonds is 6. The van der Waals surface area contributed by atoms with Crippen molar-refractivity contribution in [1.29, 1.82) is 0 Å². The minimum absolute atomic E-state index is 0.0148. The first-order valence-electron chi connectivity index (χ1n) is 8.93. The quantitative estimate of drug-likeness (QED) is 0.528. The highest BCUT2D eigenvalue weighted by Crippen LogP contribution is 2.25. The lowest BCUT2D eigenvalue weighted by Gasteiger charge is -2.23. The first-order chi connectivity index (χ1) is 13.8. The maximum Gasteiger partial charge on any atom is 0.264 e. The Bertz CT molecular complexity index is 1100. The molecular weight excluding hydrogens is 452 g/mol. The number of carbonyl (C=O) groups excluding carboxylic acids is 1. The van der Waals surface area contributed by atoms with E-state index in [1.54, 1.807) is 49.5 Å². The fraction of sp³-hybridized carbons (Fsp3) is 0.136. The maximum atomic E-state index is 13.2. The molecule has 3 aromatic carbocycles. The Morgan fingerprint density at radius 2 is 1.45 bits per heavy atom. The second-order valence-corrected chi connectivity index (χ2v) is 9.45. The highest BCUT2D eigenvalue weighted by Gasteiger charge is 2.28. The molecule has 0 spiro atoms. The van der Waals surface area contributed by atoms with Gasteiger partial charge in [0.25, 0.3) is 15.9 Å². The lowest BCUT2D eigenvalue weighted by atomic mass is 10.1. The third-order valence-corrected chi connectivity index (χ3v) is 6.93. The first-order valence-corrected chi connectivity index (χ1v) is 11.2. The number of amides is 1. The molecule has 7 heteroatoms. The predicted octanol–water partition coefficient (Wildman–Crippen LogP) is 4.55. The van der Waals surface area contributed by atoms with Crippen molar-refractivity contribution in [3.63, 3.8) is 0 Å². The SMILES string of the molecule is CN(Cc1ccc(Br)cc1)C(=O)c1ccccc1S(=O)(=O)N(C)c1ccccc1. The summed E-state index contributed by atoms with van der Waals surface area (Å²) in [5.41, 5.74) is 1.62. The Morgan fingerprint density at radius 1 is 0.862 bits per heavy atom. The molecule has 0 bridgehead atoms. The van der Waals surface area contributed by atoms with Gasteiger partial charge in [0.2, 0.25) is 0 Å². The molecule has 0 aromatic heterocycles. The Kier molecular flexibility index (Phi) is 6.39. The molecule has 1 amide bonds. The Labute approximate surface area is 179 Å². The van der Waals surface area contributed by atoms with Gasteiger partial charge in [-0.05, 0) is 42.0 Å². The summed E-state index contributed by atoms with van der Waals surface area (Å²) in [7, 11) is -0.755. The Hall–Kier alpha value is -2.64. The van der Waals surface area contributed by atoms with Crippen molar-refractivity contribution in [3.8, 4) is 0 Å². The number of benzene rings is 3. The number of hydrogen-bond donors (Lipinski definition) is 0. The summed E-state index contributed by atoms with van der Waals surface area (Å²) in [4.78, 5) is 14.6. The van der Waals surface area contributed by atoms with Gasteiger partial charge < -0.3 is 4.90 Å². The minimum atomic E-state index is -3.90. The molecule has 0 saturated heterocycles. The van der Waals surface area contributed by atoms with Crippen LogP contribution in [0.25, 0.3) is 0 Å². The van der Waals surface area contributed by atoms with E-state index in [1.165, 1.54) is 22.3 Å². The van der Waals surface area contributed by atoms with Crippen LogP contribution in [-0.2, 0) is 16.6 Å². The number of nitrogens with zero attached hydrogens (tertiary/aromatic N) is 2. The number of carbonyl (C=O) groups is 1. The fourth-order valence-electron chi connectivity index (χ4n) is 2.93. The van der Waals surface area contributed by atoms with Crippen molar-refractivity contribution >= 4 is 37.5 Å². The van der Waals surface area contributed by atoms with Crippen molar-refractivity contribution in [3.05, 3.63) is 94.5 Å². The van der Waals surface area contributed by atoms with Gasteiger partial charge in [-0.25, -0.2) is 8.42 Å². The van der Waals surface area contributed by atoms with E-state index in [1.807, 2.05) is 30.3 Å². The van der Waals surface area contributed by atoms with Crippen LogP contribution in [-0.4, -0.2) is 33.3 Å². The second-order valence-electron chi connectivity index (χ2n) is 6.59. The molecule has 0 unspecified atom stereocenters. The van der Waals surface area contributed by atoms with E-state index in [0.29, 0.717) is 12.2 Å². The fourth-order valence-corrected chi connectivity index (χ4v) is 4.58. The summed E-state index contributed by atoms with van der Waals surface area (Å²) in [6.45, 7) is 0.370. The summed E-state index contributed by atoms with van der Waals surface area (Å²) >= 11 is 3.39. The normalized spacial score (nSPS) is 11.1. The van der Waals surface area contributed by atoms with Crippen molar-refractivity contribution in [2.45, 2.75) is 11.4 Å². The van der Waals surface area contributed by atoms with Crippen LogP contribution in [0.4, 0.5) is 5.69 Å². The van der Waals surface area contributed by atoms with E-state index in [4.69, 9.17) is 0 Å². The van der Waals surface area contributed by atoms with Crippen LogP contribution in [0.5, 0.6) is 0 Å². The zero-order valence-electron chi connectivity index (χ0n) is 16.1. The van der Waals surface area contributed by atoms with Gasteiger partial charge in [0, 0.05) is 25.1 Å². The summed E-state index contributed by atoms with van der Waals surface area (Å²) in [6.07, 6.45) is 0. The molecule has 0 aliphatic rings. The van der Waals surface area contributed by atoms with Gasteiger partial charge in [-0.3, -0.25) is 9.10 Å². The van der Waals surface area contributed by atoms with Crippen LogP contribution < -0.4 is 4.31 Å². The molecule has 0 aliphatic carbocycles. The van der Waals surface area contributed by atoms with E-state index in [9.17, 15) is 13.2 Å². The summed E-state index contributed by atoms with van der Waals surface area (Å²) in [6, 6.07) is 22.7. The minimum Gasteiger partial charge on any atom is -0.337 e. The van der Waals surface area contributed by atoms with Gasteiger partial charge in [-0.15, -0.1) is 0 Å². The molecule has 0 heterocycles. The standard InChI is InChI=1S/C22H21BrN2O3S/c1-24(16-17-12-14-18(23)15-13-17)22(26)20-10-6-7-11-21(20)29(27,28)25(2)19-8-4-3-5-9-19/h3-15H,16H2,1-2H3. The van der Waals surface area contributed by atoms with E-state index in [2.05, 4.69) is 15.9 Å². The molecule has 0 radical (unpaired) electrons. The molecule has 3 rings (SSSR count). The molecule has 0 fully saturated rings. The number of hydrogen-bond acceptors (Lipinski definition) is 3. The number of sulfonamides is 1. The lowest BCUT2D eigenvalue weighted by molar-refractivity contribution is 0.0781. The second kappa shape index (κ2) is 8.80. The molecule has 0 aliphatic heterocycles. The Morgan fingerprint density at radius 3 is 2.10 bits per heavy atom. The average Bonchev–Trinajstić information content (AvgIpc) is 2.74. The van der Waals surface area contributed by atoms with Gasteiger partial charge >= 0.3 is 0 Å². The smallest absolute Gasteiger partial charge is 0.264 e. The molecule has 0 atom stereocenters. The largest absolute Gasteiger partial charge is 0.337 e. The maximum absolute atomic E-state index is 13.2. The van der Waals surface area contributed by atoms with Gasteiger partial charge in [0.1, 0.15) is 4.90 Å². The zero-order chi connectivity index (χ0) is 21.0. The van der Waals surface area contributed by atoms with E-state index >= 15 is 0 Å². The third-order valence-electron chi connectivity index (χ3n) is 4.56. The lowest BCUT2D eigenvalue weighted by Crippen LogP contribution is -2.31. The van der Waals surface area contributed by atoms with Gasteiger partial charge in [-0.2, -0.15) is 0 Å². The highest BCUT2D eigenvalue weighted by atomic mass is 79.9. The number of halogens is 1. The van der Waals surface area contributed by atoms with Crippen molar-refractivity contribution in [1.82, 2.24) is 4.90 Å². The van der Waals surface area contributed by atoms with Crippen molar-refractivity contribution in [2.24, 2.45) is 0 Å². The average molecular weight is 473 g/mol. The number of para-hydroxylation sites is 1. The first kappa shape index (κ1) is 21.1. The van der Waals surface area contributed by atoms with Crippen LogP contribution >= 0.6 is 15.9 Å². The van der Waals surface area contributed by atoms with Gasteiger partial charge in [0.15, 0.2) is 0 Å². The highest BCUT2D eigenvalue weighted by molar-refractivity contribution is 9.10. The topological polar surface area (TPSA) is 57.7 Å². The van der Waals surface area contributed by atoms with E-state index in [0.717, 1.165) is 10.0 Å². The van der Waals surface area contributed by atoms with Gasteiger partial charge in [0.05, 0.1) is 11.3 Å². The molecule has 5 nitrogen and oxygen atoms in total. The van der Waals surface area contributed by atoms with Crippen molar-refractivity contribution < 1.29 is 13.2 Å². The van der Waals surface area contributed by atoms with Gasteiger partial charge in [-0.1, -0.05) is 58.4 Å². The van der Waals surface area contributed by atoms with Crippen LogP contribution in [0.1, 0.15) is 15.9 Å². The zero-order valence-corrected chi connectivity index (χ0v) is 18.5. The summed E-state index contributed by atoms with van der Waals surface area (Å²) in [5, 5.41) is 0. The van der Waals surface area contributed by atoms with Crippen LogP contribution in [0, 0.1) is 0 Å². The Balaban J connectivity index is 1.91. The molecule has 0 saturated carbocycles. The van der Waals surface area contributed by atoms with Crippen molar-refractivity contribution in [2.75, 3.05) is 18.4 Å². The molecule has 0 N–H and O–H groups in total.